The van der Waals surface area contributed by atoms with Gasteiger partial charge in [0.1, 0.15) is 12.4 Å². The normalized spacial score (nSPS) is 15.4. The molecule has 23 heavy (non-hydrogen) atoms. The van der Waals surface area contributed by atoms with Crippen molar-refractivity contribution in [2.24, 2.45) is 4.99 Å². The van der Waals surface area contributed by atoms with Gasteiger partial charge in [-0.25, -0.2) is 9.79 Å². The summed E-state index contributed by atoms with van der Waals surface area (Å²) in [6.07, 6.45) is 3.14. The Balaban J connectivity index is 1.82. The van der Waals surface area contributed by atoms with E-state index in [4.69, 9.17) is 13.9 Å². The Kier molecular flexibility index (Phi) is 4.10. The highest BCUT2D eigenvalue weighted by atomic mass is 16.6. The molecule has 0 radical (unpaired) electrons. The number of nitrogens with zero attached hydrogens (tertiary/aromatic N) is 1. The van der Waals surface area contributed by atoms with Gasteiger partial charge in [-0.3, -0.25) is 0 Å². The van der Waals surface area contributed by atoms with Crippen molar-refractivity contribution in [2.45, 2.75) is 6.92 Å². The first-order valence-electron chi connectivity index (χ1n) is 7.05. The van der Waals surface area contributed by atoms with Crippen molar-refractivity contribution in [3.8, 4) is 5.75 Å². The second-order valence-corrected chi connectivity index (χ2v) is 5.13. The summed E-state index contributed by atoms with van der Waals surface area (Å²) in [6, 6.07) is 10.8. The molecule has 5 nitrogen and oxygen atoms in total. The fraction of sp³-hybridized carbons (Fsp3) is 0.111. The van der Waals surface area contributed by atoms with Crippen LogP contribution < -0.4 is 4.74 Å². The molecular formula is C18H15NO4. The van der Waals surface area contributed by atoms with Gasteiger partial charge in [-0.15, -0.1) is 0 Å². The fourth-order valence-corrected chi connectivity index (χ4v) is 1.97. The van der Waals surface area contributed by atoms with Crippen LogP contribution in [0, 0.1) is 0 Å². The van der Waals surface area contributed by atoms with E-state index in [1.54, 1.807) is 18.2 Å². The van der Waals surface area contributed by atoms with Gasteiger partial charge in [0.25, 0.3) is 5.90 Å². The van der Waals surface area contributed by atoms with E-state index < -0.39 is 5.97 Å². The number of rotatable bonds is 5. The van der Waals surface area contributed by atoms with Gasteiger partial charge in [-0.1, -0.05) is 18.7 Å². The molecule has 0 aliphatic carbocycles. The number of aliphatic imine (C=N–C) groups is 1. The third kappa shape index (κ3) is 3.58. The maximum atomic E-state index is 11.9. The van der Waals surface area contributed by atoms with Crippen LogP contribution in [0.25, 0.3) is 6.08 Å². The zero-order valence-corrected chi connectivity index (χ0v) is 12.6. The second kappa shape index (κ2) is 6.36. The monoisotopic (exact) mass is 309 g/mol. The quantitative estimate of drug-likeness (QED) is 0.481. The maximum absolute atomic E-state index is 11.9. The molecule has 1 aromatic heterocycles. The van der Waals surface area contributed by atoms with Crippen LogP contribution in [0.2, 0.25) is 0 Å². The predicted molar refractivity (Wildman–Crippen MR) is 86.1 cm³/mol. The van der Waals surface area contributed by atoms with Crippen LogP contribution in [-0.4, -0.2) is 18.5 Å². The summed E-state index contributed by atoms with van der Waals surface area (Å²) in [5.41, 5.74) is 1.94. The molecule has 0 atom stereocenters. The minimum Gasteiger partial charge on any atom is -0.489 e. The molecular weight excluding hydrogens is 294 g/mol. The average Bonchev–Trinajstić information content (AvgIpc) is 3.16. The first kappa shape index (κ1) is 14.8. The van der Waals surface area contributed by atoms with Crippen molar-refractivity contribution in [1.29, 1.82) is 0 Å². The molecule has 5 heteroatoms. The molecule has 0 unspecified atom stereocenters. The van der Waals surface area contributed by atoms with E-state index in [1.165, 1.54) is 6.26 Å². The van der Waals surface area contributed by atoms with Crippen molar-refractivity contribution >= 4 is 17.9 Å². The first-order valence-corrected chi connectivity index (χ1v) is 7.05. The molecule has 0 saturated heterocycles. The highest BCUT2D eigenvalue weighted by Gasteiger charge is 2.25. The lowest BCUT2D eigenvalue weighted by atomic mass is 10.2. The van der Waals surface area contributed by atoms with Gasteiger partial charge in [-0.05, 0) is 48.4 Å². The number of furan rings is 1. The molecule has 0 amide bonds. The lowest BCUT2D eigenvalue weighted by molar-refractivity contribution is -0.130. The summed E-state index contributed by atoms with van der Waals surface area (Å²) in [5, 5.41) is 0. The van der Waals surface area contributed by atoms with Gasteiger partial charge in [-0.2, -0.15) is 0 Å². The van der Waals surface area contributed by atoms with Gasteiger partial charge in [0.15, 0.2) is 11.5 Å². The summed E-state index contributed by atoms with van der Waals surface area (Å²) in [6.45, 7) is 6.14. The number of carbonyl (C=O) groups excluding carboxylic acids is 1. The molecule has 0 bridgehead atoms. The SMILES string of the molecule is C=C(C)COc1cccc(/C=C2\N=C(c3ccco3)OC2=O)c1. The molecule has 0 N–H and O–H groups in total. The smallest absolute Gasteiger partial charge is 0.363 e. The summed E-state index contributed by atoms with van der Waals surface area (Å²) in [5.74, 6) is 0.773. The van der Waals surface area contributed by atoms with Gasteiger partial charge in [0.05, 0.1) is 6.26 Å². The Morgan fingerprint density at radius 2 is 2.22 bits per heavy atom. The van der Waals surface area contributed by atoms with E-state index in [-0.39, 0.29) is 11.6 Å². The third-order valence-corrected chi connectivity index (χ3v) is 3.00. The van der Waals surface area contributed by atoms with Crippen LogP contribution in [0.3, 0.4) is 0 Å². The number of benzene rings is 1. The van der Waals surface area contributed by atoms with Crippen LogP contribution in [0.5, 0.6) is 5.75 Å². The van der Waals surface area contributed by atoms with E-state index in [0.29, 0.717) is 18.1 Å². The number of hydrogen-bond acceptors (Lipinski definition) is 5. The van der Waals surface area contributed by atoms with Gasteiger partial charge >= 0.3 is 5.97 Å². The first-order chi connectivity index (χ1) is 11.1. The topological polar surface area (TPSA) is 61.0 Å². The Morgan fingerprint density at radius 1 is 1.35 bits per heavy atom. The molecule has 0 saturated carbocycles. The fourth-order valence-electron chi connectivity index (χ4n) is 1.97. The molecule has 2 heterocycles. The van der Waals surface area contributed by atoms with E-state index in [9.17, 15) is 4.79 Å². The summed E-state index contributed by atoms with van der Waals surface area (Å²) in [7, 11) is 0. The number of esters is 1. The number of hydrogen-bond donors (Lipinski definition) is 0. The molecule has 116 valence electrons. The molecule has 0 spiro atoms. The Morgan fingerprint density at radius 3 is 2.96 bits per heavy atom. The van der Waals surface area contributed by atoms with Crippen LogP contribution in [-0.2, 0) is 9.53 Å². The lowest BCUT2D eigenvalue weighted by Crippen LogP contribution is -2.04. The van der Waals surface area contributed by atoms with Crippen LogP contribution in [0.4, 0.5) is 0 Å². The number of cyclic esters (lactones) is 1. The Bertz CT molecular complexity index is 800. The Labute approximate surface area is 133 Å². The minimum absolute atomic E-state index is 0.168. The van der Waals surface area contributed by atoms with Crippen molar-refractivity contribution in [2.75, 3.05) is 6.61 Å². The lowest BCUT2D eigenvalue weighted by Gasteiger charge is -2.06. The zero-order chi connectivity index (χ0) is 16.2. The van der Waals surface area contributed by atoms with E-state index in [2.05, 4.69) is 11.6 Å². The van der Waals surface area contributed by atoms with Crippen molar-refractivity contribution in [3.05, 3.63) is 71.8 Å². The number of carbonyl (C=O) groups is 1. The molecule has 1 aliphatic rings. The van der Waals surface area contributed by atoms with Gasteiger partial charge < -0.3 is 13.9 Å². The van der Waals surface area contributed by atoms with Crippen molar-refractivity contribution in [3.63, 3.8) is 0 Å². The van der Waals surface area contributed by atoms with Crippen LogP contribution >= 0.6 is 0 Å². The summed E-state index contributed by atoms with van der Waals surface area (Å²) in [4.78, 5) is 16.1. The molecule has 0 fully saturated rings. The standard InChI is InChI=1S/C18H15NO4/c1-12(2)11-22-14-6-3-5-13(9-14)10-15-18(20)23-17(19-15)16-7-4-8-21-16/h3-10H,1,11H2,2H3/b15-10-. The van der Waals surface area contributed by atoms with Crippen molar-refractivity contribution < 1.29 is 18.7 Å². The second-order valence-electron chi connectivity index (χ2n) is 5.13. The average molecular weight is 309 g/mol. The predicted octanol–water partition coefficient (Wildman–Crippen LogP) is 3.58. The third-order valence-electron chi connectivity index (χ3n) is 3.00. The Hall–Kier alpha value is -3.08. The van der Waals surface area contributed by atoms with Gasteiger partial charge in [0, 0.05) is 0 Å². The molecule has 3 rings (SSSR count). The zero-order valence-electron chi connectivity index (χ0n) is 12.6. The van der Waals surface area contributed by atoms with Gasteiger partial charge in [0.2, 0.25) is 0 Å². The van der Waals surface area contributed by atoms with Crippen molar-refractivity contribution in [1.82, 2.24) is 0 Å². The maximum Gasteiger partial charge on any atom is 0.363 e. The highest BCUT2D eigenvalue weighted by molar-refractivity contribution is 6.11. The van der Waals surface area contributed by atoms with E-state index in [1.807, 2.05) is 31.2 Å². The minimum atomic E-state index is -0.510. The molecule has 1 aromatic carbocycles. The largest absolute Gasteiger partial charge is 0.489 e. The highest BCUT2D eigenvalue weighted by Crippen LogP contribution is 2.21. The van der Waals surface area contributed by atoms with E-state index in [0.717, 1.165) is 11.1 Å². The molecule has 1 aliphatic heterocycles. The number of ether oxygens (including phenoxy) is 2. The van der Waals surface area contributed by atoms with E-state index >= 15 is 0 Å². The summed E-state index contributed by atoms with van der Waals surface area (Å²) < 4.78 is 15.9. The van der Waals surface area contributed by atoms with Crippen LogP contribution in [0.1, 0.15) is 18.2 Å². The summed E-state index contributed by atoms with van der Waals surface area (Å²) >= 11 is 0. The molecule has 2 aromatic rings. The van der Waals surface area contributed by atoms with Crippen LogP contribution in [0.15, 0.2) is 69.9 Å².